The summed E-state index contributed by atoms with van der Waals surface area (Å²) < 4.78 is 11.0. The maximum absolute atomic E-state index is 11.3. The Morgan fingerprint density at radius 2 is 1.91 bits per heavy atom. The number of carboxylic acids is 1. The first-order valence-corrected chi connectivity index (χ1v) is 7.83. The Balaban J connectivity index is 2.09. The number of hydrogen-bond donors (Lipinski definition) is 1. The van der Waals surface area contributed by atoms with Crippen LogP contribution in [0.4, 0.5) is 0 Å². The van der Waals surface area contributed by atoms with Crippen LogP contribution in [0.2, 0.25) is 10.0 Å². The summed E-state index contributed by atoms with van der Waals surface area (Å²) >= 11 is 12.0. The van der Waals surface area contributed by atoms with Gasteiger partial charge in [0.1, 0.15) is 17.1 Å². The van der Waals surface area contributed by atoms with E-state index in [1.807, 2.05) is 13.0 Å². The first kappa shape index (κ1) is 17.4. The third kappa shape index (κ3) is 4.78. The summed E-state index contributed by atoms with van der Waals surface area (Å²) in [7, 11) is 0. The molecule has 0 radical (unpaired) electrons. The monoisotopic (exact) mass is 354 g/mol. The summed E-state index contributed by atoms with van der Waals surface area (Å²) in [6, 6.07) is 9.89. The fourth-order valence-corrected chi connectivity index (χ4v) is 2.55. The van der Waals surface area contributed by atoms with Crippen molar-refractivity contribution in [1.29, 1.82) is 0 Å². The van der Waals surface area contributed by atoms with Gasteiger partial charge in [0.25, 0.3) is 0 Å². The molecule has 0 atom stereocenters. The van der Waals surface area contributed by atoms with Crippen molar-refractivity contribution >= 4 is 29.2 Å². The first-order chi connectivity index (χ1) is 11.0. The largest absolute Gasteiger partial charge is 0.494 e. The molecule has 6 heteroatoms. The zero-order valence-electron chi connectivity index (χ0n) is 12.5. The SMILES string of the molecule is CCOc1ccc(C(=O)O)c(OCCc2ccc(Cl)cc2Cl)c1. The van der Waals surface area contributed by atoms with Gasteiger partial charge in [-0.2, -0.15) is 0 Å². The van der Waals surface area contributed by atoms with Gasteiger partial charge in [0, 0.05) is 22.5 Å². The molecule has 4 nitrogen and oxygen atoms in total. The van der Waals surface area contributed by atoms with E-state index < -0.39 is 5.97 Å². The molecule has 23 heavy (non-hydrogen) atoms. The van der Waals surface area contributed by atoms with Gasteiger partial charge < -0.3 is 14.6 Å². The normalized spacial score (nSPS) is 10.4. The highest BCUT2D eigenvalue weighted by Crippen LogP contribution is 2.26. The minimum absolute atomic E-state index is 0.0932. The summed E-state index contributed by atoms with van der Waals surface area (Å²) in [6.45, 7) is 2.64. The maximum atomic E-state index is 11.3. The second kappa shape index (κ2) is 8.09. The molecule has 0 heterocycles. The molecule has 122 valence electrons. The predicted octanol–water partition coefficient (Wildman–Crippen LogP) is 4.71. The van der Waals surface area contributed by atoms with Crippen LogP contribution in [0.25, 0.3) is 0 Å². The average Bonchev–Trinajstić information content (AvgIpc) is 2.50. The standard InChI is InChI=1S/C17H16Cl2O4/c1-2-22-13-5-6-14(17(20)21)16(10-13)23-8-7-11-3-4-12(18)9-15(11)19/h3-6,9-10H,2,7-8H2,1H3,(H,20,21). The lowest BCUT2D eigenvalue weighted by atomic mass is 10.1. The highest BCUT2D eigenvalue weighted by Gasteiger charge is 2.13. The molecule has 0 spiro atoms. The molecule has 0 saturated heterocycles. The molecule has 0 fully saturated rings. The summed E-state index contributed by atoms with van der Waals surface area (Å²) in [6.07, 6.45) is 0.536. The highest BCUT2D eigenvalue weighted by atomic mass is 35.5. The smallest absolute Gasteiger partial charge is 0.339 e. The Hall–Kier alpha value is -1.91. The van der Waals surface area contributed by atoms with Crippen LogP contribution in [0.15, 0.2) is 36.4 Å². The van der Waals surface area contributed by atoms with Crippen molar-refractivity contribution in [1.82, 2.24) is 0 Å². The van der Waals surface area contributed by atoms with Crippen LogP contribution in [0.1, 0.15) is 22.8 Å². The molecule has 2 aromatic carbocycles. The molecule has 0 aromatic heterocycles. The Kier molecular flexibility index (Phi) is 6.13. The van der Waals surface area contributed by atoms with E-state index in [1.54, 1.807) is 24.3 Å². The first-order valence-electron chi connectivity index (χ1n) is 7.08. The van der Waals surface area contributed by atoms with Crippen LogP contribution in [0.5, 0.6) is 11.5 Å². The van der Waals surface area contributed by atoms with Gasteiger partial charge in [-0.15, -0.1) is 0 Å². The van der Waals surface area contributed by atoms with E-state index in [0.717, 1.165) is 5.56 Å². The number of aromatic carboxylic acids is 1. The molecule has 0 aliphatic carbocycles. The van der Waals surface area contributed by atoms with E-state index >= 15 is 0 Å². The summed E-state index contributed by atoms with van der Waals surface area (Å²) in [5.74, 6) is -0.210. The molecular formula is C17H16Cl2O4. The fraction of sp³-hybridized carbons (Fsp3) is 0.235. The Morgan fingerprint density at radius 1 is 1.13 bits per heavy atom. The van der Waals surface area contributed by atoms with E-state index in [4.69, 9.17) is 32.7 Å². The van der Waals surface area contributed by atoms with Gasteiger partial charge in [0.2, 0.25) is 0 Å². The molecule has 0 aliphatic heterocycles. The topological polar surface area (TPSA) is 55.8 Å². The van der Waals surface area contributed by atoms with Gasteiger partial charge in [-0.25, -0.2) is 4.79 Å². The molecule has 0 saturated carbocycles. The van der Waals surface area contributed by atoms with E-state index in [1.165, 1.54) is 6.07 Å². The van der Waals surface area contributed by atoms with Gasteiger partial charge in [-0.1, -0.05) is 29.3 Å². The van der Waals surface area contributed by atoms with E-state index in [-0.39, 0.29) is 17.9 Å². The minimum atomic E-state index is -1.05. The molecule has 0 bridgehead atoms. The van der Waals surface area contributed by atoms with Crippen molar-refractivity contribution in [2.75, 3.05) is 13.2 Å². The zero-order chi connectivity index (χ0) is 16.8. The van der Waals surface area contributed by atoms with Gasteiger partial charge >= 0.3 is 5.97 Å². The van der Waals surface area contributed by atoms with Crippen LogP contribution in [-0.2, 0) is 6.42 Å². The maximum Gasteiger partial charge on any atom is 0.339 e. The van der Waals surface area contributed by atoms with Crippen LogP contribution >= 0.6 is 23.2 Å². The Labute approximate surface area is 144 Å². The Bertz CT molecular complexity index is 701. The molecule has 0 aliphatic rings. The lowest BCUT2D eigenvalue weighted by Crippen LogP contribution is -2.07. The van der Waals surface area contributed by atoms with E-state index in [0.29, 0.717) is 28.8 Å². The number of hydrogen-bond acceptors (Lipinski definition) is 3. The van der Waals surface area contributed by atoms with Crippen LogP contribution in [-0.4, -0.2) is 24.3 Å². The minimum Gasteiger partial charge on any atom is -0.494 e. The van der Waals surface area contributed by atoms with E-state index in [2.05, 4.69) is 0 Å². The van der Waals surface area contributed by atoms with Crippen molar-refractivity contribution in [3.63, 3.8) is 0 Å². The molecule has 2 aromatic rings. The lowest BCUT2D eigenvalue weighted by molar-refractivity contribution is 0.0692. The second-order valence-corrected chi connectivity index (χ2v) is 5.57. The molecule has 1 N–H and O–H groups in total. The average molecular weight is 355 g/mol. The van der Waals surface area contributed by atoms with Gasteiger partial charge in [0.15, 0.2) is 0 Å². The van der Waals surface area contributed by atoms with Crippen LogP contribution in [0, 0.1) is 0 Å². The van der Waals surface area contributed by atoms with Crippen molar-refractivity contribution < 1.29 is 19.4 Å². The summed E-state index contributed by atoms with van der Waals surface area (Å²) in [4.78, 5) is 11.3. The quantitative estimate of drug-likeness (QED) is 0.781. The van der Waals surface area contributed by atoms with Crippen molar-refractivity contribution in [3.8, 4) is 11.5 Å². The van der Waals surface area contributed by atoms with Crippen molar-refractivity contribution in [2.24, 2.45) is 0 Å². The molecule has 2 rings (SSSR count). The predicted molar refractivity (Wildman–Crippen MR) is 90.2 cm³/mol. The van der Waals surface area contributed by atoms with Gasteiger partial charge in [-0.3, -0.25) is 0 Å². The number of benzene rings is 2. The lowest BCUT2D eigenvalue weighted by Gasteiger charge is -2.12. The van der Waals surface area contributed by atoms with Crippen molar-refractivity contribution in [3.05, 3.63) is 57.6 Å². The number of carbonyl (C=O) groups is 1. The second-order valence-electron chi connectivity index (χ2n) is 4.73. The number of rotatable bonds is 7. The fourth-order valence-electron chi connectivity index (χ4n) is 2.05. The van der Waals surface area contributed by atoms with Crippen molar-refractivity contribution in [2.45, 2.75) is 13.3 Å². The third-order valence-corrected chi connectivity index (χ3v) is 3.73. The van der Waals surface area contributed by atoms with Crippen LogP contribution < -0.4 is 9.47 Å². The molecular weight excluding hydrogens is 339 g/mol. The highest BCUT2D eigenvalue weighted by molar-refractivity contribution is 6.35. The summed E-state index contributed by atoms with van der Waals surface area (Å²) in [5, 5.41) is 10.3. The van der Waals surface area contributed by atoms with Gasteiger partial charge in [-0.05, 0) is 36.8 Å². The van der Waals surface area contributed by atoms with Gasteiger partial charge in [0.05, 0.1) is 13.2 Å². The number of ether oxygens (including phenoxy) is 2. The Morgan fingerprint density at radius 3 is 2.57 bits per heavy atom. The number of carboxylic acid groups (broad SMARTS) is 1. The summed E-state index contributed by atoms with van der Waals surface area (Å²) in [5.41, 5.74) is 0.976. The zero-order valence-corrected chi connectivity index (χ0v) is 14.0. The van der Waals surface area contributed by atoms with E-state index in [9.17, 15) is 9.90 Å². The molecule has 0 unspecified atom stereocenters. The third-order valence-electron chi connectivity index (χ3n) is 3.14. The molecule has 0 amide bonds. The van der Waals surface area contributed by atoms with Crippen LogP contribution in [0.3, 0.4) is 0 Å². The number of halogens is 2.